The summed E-state index contributed by atoms with van der Waals surface area (Å²) in [6.07, 6.45) is 7.46. The Kier molecular flexibility index (Phi) is 11.4. The van der Waals surface area contributed by atoms with E-state index in [9.17, 15) is 9.59 Å². The summed E-state index contributed by atoms with van der Waals surface area (Å²) >= 11 is 3.51. The molecule has 1 fully saturated rings. The van der Waals surface area contributed by atoms with Crippen LogP contribution >= 0.6 is 23.7 Å². The van der Waals surface area contributed by atoms with E-state index in [2.05, 4.69) is 28.0 Å². The number of aldehydes is 1. The number of amides is 1. The van der Waals surface area contributed by atoms with Gasteiger partial charge in [0.1, 0.15) is 0 Å². The van der Waals surface area contributed by atoms with E-state index >= 15 is 0 Å². The molecule has 194 valence electrons. The molecule has 3 rings (SSSR count). The van der Waals surface area contributed by atoms with Crippen molar-refractivity contribution in [1.82, 2.24) is 4.31 Å². The van der Waals surface area contributed by atoms with Crippen molar-refractivity contribution in [2.45, 2.75) is 26.2 Å². The Hall–Kier alpha value is -2.26. The number of carbonyl (C=O) groups excluding carboxylic acids is 2. The van der Waals surface area contributed by atoms with Crippen molar-refractivity contribution in [3.05, 3.63) is 58.9 Å². The summed E-state index contributed by atoms with van der Waals surface area (Å²) in [6.45, 7) is 9.10. The number of nitrogens with one attached hydrogen (secondary N) is 1. The molecule has 2 aromatic rings. The maximum absolute atomic E-state index is 13.4. The van der Waals surface area contributed by atoms with Gasteiger partial charge in [-0.1, -0.05) is 37.8 Å². The second-order valence-corrected chi connectivity index (χ2v) is 11.5. The third-order valence-corrected chi connectivity index (χ3v) is 8.40. The average molecular weight is 528 g/mol. The minimum atomic E-state index is -0.0939. The Morgan fingerprint density at radius 1 is 1.33 bits per heavy atom. The highest BCUT2D eigenvalue weighted by molar-refractivity contribution is 8.21. The lowest BCUT2D eigenvalue weighted by molar-refractivity contribution is -0.120. The predicted molar refractivity (Wildman–Crippen MR) is 156 cm³/mol. The van der Waals surface area contributed by atoms with Gasteiger partial charge in [0.2, 0.25) is 5.91 Å². The van der Waals surface area contributed by atoms with E-state index in [1.54, 1.807) is 30.8 Å². The quantitative estimate of drug-likeness (QED) is 0.144. The van der Waals surface area contributed by atoms with Gasteiger partial charge in [0.05, 0.1) is 10.2 Å². The molecule has 1 aliphatic rings. The van der Waals surface area contributed by atoms with E-state index in [1.165, 1.54) is 4.24 Å². The molecular formula is C28H37N3O3S2. The van der Waals surface area contributed by atoms with Crippen LogP contribution in [0.4, 0.5) is 11.4 Å². The van der Waals surface area contributed by atoms with Crippen LogP contribution in [0.2, 0.25) is 0 Å². The molecular weight excluding hydrogens is 490 g/mol. The Bertz CT molecular complexity index is 1090. The number of piperidine rings is 1. The van der Waals surface area contributed by atoms with Gasteiger partial charge < -0.3 is 15.0 Å². The van der Waals surface area contributed by atoms with E-state index in [1.807, 2.05) is 49.5 Å². The van der Waals surface area contributed by atoms with Crippen molar-refractivity contribution in [3.8, 4) is 0 Å². The number of hydrogen-bond acceptors (Lipinski definition) is 7. The summed E-state index contributed by atoms with van der Waals surface area (Å²) in [6, 6.07) is 9.62. The SMILES string of the molecule is C=C/C=C(\SCC)SN1CCCC(C(=O)Nc2ccc(N(C)CCCOC)c3c(C=O)cccc23)C1. The van der Waals surface area contributed by atoms with Crippen molar-refractivity contribution in [3.63, 3.8) is 0 Å². The first-order chi connectivity index (χ1) is 17.5. The van der Waals surface area contributed by atoms with Crippen LogP contribution in [0.25, 0.3) is 10.8 Å². The Morgan fingerprint density at radius 2 is 2.17 bits per heavy atom. The summed E-state index contributed by atoms with van der Waals surface area (Å²) in [5.41, 5.74) is 2.33. The number of hydrogen-bond donors (Lipinski definition) is 1. The van der Waals surface area contributed by atoms with Crippen LogP contribution in [-0.4, -0.2) is 62.7 Å². The molecule has 6 nitrogen and oxygen atoms in total. The Morgan fingerprint density at radius 3 is 2.89 bits per heavy atom. The van der Waals surface area contributed by atoms with Gasteiger partial charge in [-0.25, -0.2) is 4.31 Å². The molecule has 1 atom stereocenters. The summed E-state index contributed by atoms with van der Waals surface area (Å²) in [7, 11) is 3.72. The monoisotopic (exact) mass is 527 g/mol. The average Bonchev–Trinajstić information content (AvgIpc) is 2.89. The van der Waals surface area contributed by atoms with E-state index in [0.717, 1.165) is 66.5 Å². The number of thioether (sulfide) groups is 1. The van der Waals surface area contributed by atoms with Crippen LogP contribution in [0.3, 0.4) is 0 Å². The molecule has 2 aromatic carbocycles. The van der Waals surface area contributed by atoms with E-state index < -0.39 is 0 Å². The van der Waals surface area contributed by atoms with Gasteiger partial charge >= 0.3 is 0 Å². The van der Waals surface area contributed by atoms with Gasteiger partial charge in [0.15, 0.2) is 6.29 Å². The maximum Gasteiger partial charge on any atom is 0.228 e. The summed E-state index contributed by atoms with van der Waals surface area (Å²) in [4.78, 5) is 27.4. The van der Waals surface area contributed by atoms with Gasteiger partial charge in [-0.15, -0.1) is 11.8 Å². The largest absolute Gasteiger partial charge is 0.385 e. The van der Waals surface area contributed by atoms with E-state index in [4.69, 9.17) is 4.74 Å². The van der Waals surface area contributed by atoms with Crippen LogP contribution in [0.5, 0.6) is 0 Å². The molecule has 1 saturated heterocycles. The van der Waals surface area contributed by atoms with E-state index in [-0.39, 0.29) is 11.8 Å². The molecule has 8 heteroatoms. The third kappa shape index (κ3) is 7.38. The minimum Gasteiger partial charge on any atom is -0.385 e. The normalized spacial score (nSPS) is 16.6. The first-order valence-corrected chi connectivity index (χ1v) is 14.2. The first-order valence-electron chi connectivity index (χ1n) is 12.4. The van der Waals surface area contributed by atoms with Crippen molar-refractivity contribution >= 4 is 58.1 Å². The Labute approximate surface area is 223 Å². The number of rotatable bonds is 13. The molecule has 0 spiro atoms. The molecule has 36 heavy (non-hydrogen) atoms. The van der Waals surface area contributed by atoms with Crippen LogP contribution in [0.15, 0.2) is 53.3 Å². The molecule has 0 saturated carbocycles. The molecule has 1 unspecified atom stereocenters. The third-order valence-electron chi connectivity index (χ3n) is 6.20. The Balaban J connectivity index is 1.80. The lowest BCUT2D eigenvalue weighted by atomic mass is 9.97. The fourth-order valence-corrected chi connectivity index (χ4v) is 6.70. The number of ether oxygens (including phenoxy) is 1. The van der Waals surface area contributed by atoms with Crippen LogP contribution < -0.4 is 10.2 Å². The maximum atomic E-state index is 13.4. The lowest BCUT2D eigenvalue weighted by Crippen LogP contribution is -2.37. The molecule has 0 bridgehead atoms. The summed E-state index contributed by atoms with van der Waals surface area (Å²) < 4.78 is 8.67. The topological polar surface area (TPSA) is 61.9 Å². The van der Waals surface area contributed by atoms with Crippen molar-refractivity contribution in [2.75, 3.05) is 56.4 Å². The minimum absolute atomic E-state index is 0.0247. The summed E-state index contributed by atoms with van der Waals surface area (Å²) in [5, 5.41) is 4.92. The molecule has 0 radical (unpaired) electrons. The molecule has 1 amide bonds. The molecule has 0 aliphatic carbocycles. The second-order valence-electron chi connectivity index (χ2n) is 8.75. The fraction of sp³-hybridized carbons (Fsp3) is 0.429. The van der Waals surface area contributed by atoms with Gasteiger partial charge in [-0.2, -0.15) is 0 Å². The smallest absolute Gasteiger partial charge is 0.228 e. The zero-order valence-electron chi connectivity index (χ0n) is 21.5. The number of benzene rings is 2. The number of anilines is 2. The molecule has 1 heterocycles. The van der Waals surface area contributed by atoms with Crippen LogP contribution in [0.1, 0.15) is 36.5 Å². The van der Waals surface area contributed by atoms with Gasteiger partial charge in [0, 0.05) is 68.1 Å². The van der Waals surface area contributed by atoms with Gasteiger partial charge in [0.25, 0.3) is 0 Å². The highest BCUT2D eigenvalue weighted by Gasteiger charge is 2.27. The number of allylic oxidation sites excluding steroid dienone is 2. The highest BCUT2D eigenvalue weighted by Crippen LogP contribution is 2.36. The number of carbonyl (C=O) groups is 2. The van der Waals surface area contributed by atoms with Crippen molar-refractivity contribution in [1.29, 1.82) is 0 Å². The lowest BCUT2D eigenvalue weighted by Gasteiger charge is -2.31. The zero-order valence-corrected chi connectivity index (χ0v) is 23.1. The second kappa shape index (κ2) is 14.5. The van der Waals surface area contributed by atoms with Gasteiger partial charge in [-0.05, 0) is 55.2 Å². The van der Waals surface area contributed by atoms with Crippen LogP contribution in [0, 0.1) is 5.92 Å². The standard InChI is InChI=1S/C28H37N3O3S2/c1-5-10-26(35-6-2)36-31-17-8-12-21(19-31)28(33)29-24-14-15-25(30(3)16-9-18-34-4)27-22(20-32)11-7-13-23(24)27/h5,7,10-11,13-15,20-21H,1,6,8-9,12,16-19H2,2-4H3,(H,29,33)/b26-10+. The van der Waals surface area contributed by atoms with Gasteiger partial charge in [-0.3, -0.25) is 9.59 Å². The number of fused-ring (bicyclic) bond motifs is 1. The molecule has 1 aliphatic heterocycles. The van der Waals surface area contributed by atoms with Crippen LogP contribution in [-0.2, 0) is 9.53 Å². The van der Waals surface area contributed by atoms with Crippen molar-refractivity contribution in [2.24, 2.45) is 5.92 Å². The van der Waals surface area contributed by atoms with Crippen molar-refractivity contribution < 1.29 is 14.3 Å². The molecule has 0 aromatic heterocycles. The first kappa shape index (κ1) is 28.3. The predicted octanol–water partition coefficient (Wildman–Crippen LogP) is 6.20. The molecule has 1 N–H and O–H groups in total. The van der Waals surface area contributed by atoms with E-state index in [0.29, 0.717) is 18.7 Å². The zero-order chi connectivity index (χ0) is 25.9. The number of methoxy groups -OCH3 is 1. The number of nitrogens with zero attached hydrogens (tertiary/aromatic N) is 2. The fourth-order valence-electron chi connectivity index (χ4n) is 4.45. The summed E-state index contributed by atoms with van der Waals surface area (Å²) in [5.74, 6) is 0.929. The highest BCUT2D eigenvalue weighted by atomic mass is 32.2.